The molecule has 1 fully saturated rings. The summed E-state index contributed by atoms with van der Waals surface area (Å²) in [6, 6.07) is 9.50. The van der Waals surface area contributed by atoms with E-state index in [4.69, 9.17) is 9.15 Å². The number of carbonyl (C=O) groups excluding carboxylic acids is 1. The Labute approximate surface area is 186 Å². The number of fused-ring (bicyclic) bond motifs is 1. The fraction of sp³-hybridized carbons (Fsp3) is 0.435. The van der Waals surface area contributed by atoms with E-state index in [1.807, 2.05) is 24.3 Å². The van der Waals surface area contributed by atoms with Crippen LogP contribution in [0.25, 0.3) is 11.0 Å². The molecular weight excluding hydrogens is 412 g/mol. The number of hydrogen-bond acceptors (Lipinski definition) is 7. The van der Waals surface area contributed by atoms with Crippen LogP contribution in [0.3, 0.4) is 0 Å². The topological polar surface area (TPSA) is 80.5 Å². The smallest absolute Gasteiger partial charge is 0.287 e. The molecule has 1 aromatic carbocycles. The van der Waals surface area contributed by atoms with Crippen LogP contribution >= 0.6 is 11.8 Å². The highest BCUT2D eigenvalue weighted by Crippen LogP contribution is 2.31. The number of nitrogens with zero attached hydrogens (tertiary/aromatic N) is 3. The van der Waals surface area contributed by atoms with E-state index < -0.39 is 0 Å². The highest BCUT2D eigenvalue weighted by molar-refractivity contribution is 7.98. The first-order valence-corrected chi connectivity index (χ1v) is 11.6. The molecule has 3 aromatic rings. The minimum Gasteiger partial charge on any atom is -0.451 e. The molecule has 1 N–H and O–H groups in total. The van der Waals surface area contributed by atoms with E-state index in [9.17, 15) is 4.79 Å². The maximum atomic E-state index is 13.0. The Morgan fingerprint density at radius 3 is 2.87 bits per heavy atom. The molecule has 4 rings (SSSR count). The van der Waals surface area contributed by atoms with E-state index in [1.165, 1.54) is 11.8 Å². The Bertz CT molecular complexity index is 1010. The lowest BCUT2D eigenvalue weighted by Gasteiger charge is -2.33. The van der Waals surface area contributed by atoms with Crippen molar-refractivity contribution in [3.63, 3.8) is 0 Å². The van der Waals surface area contributed by atoms with Gasteiger partial charge >= 0.3 is 0 Å². The van der Waals surface area contributed by atoms with Gasteiger partial charge in [0.05, 0.1) is 12.7 Å². The van der Waals surface area contributed by atoms with Gasteiger partial charge in [0.15, 0.2) is 10.9 Å². The molecule has 1 aliphatic rings. The minimum atomic E-state index is -0.217. The Morgan fingerprint density at radius 1 is 1.26 bits per heavy atom. The fourth-order valence-corrected chi connectivity index (χ4v) is 4.63. The maximum Gasteiger partial charge on any atom is 0.287 e. The van der Waals surface area contributed by atoms with Crippen LogP contribution in [0, 0.1) is 5.92 Å². The predicted molar refractivity (Wildman–Crippen MR) is 121 cm³/mol. The van der Waals surface area contributed by atoms with Crippen LogP contribution in [0.15, 0.2) is 52.3 Å². The van der Waals surface area contributed by atoms with Crippen LogP contribution in [-0.2, 0) is 10.5 Å². The molecule has 1 unspecified atom stereocenters. The van der Waals surface area contributed by atoms with E-state index in [-0.39, 0.29) is 12.0 Å². The van der Waals surface area contributed by atoms with Gasteiger partial charge in [-0.05, 0) is 18.1 Å². The summed E-state index contributed by atoms with van der Waals surface area (Å²) in [5, 5.41) is 4.62. The quantitative estimate of drug-likeness (QED) is 0.423. The van der Waals surface area contributed by atoms with E-state index in [0.29, 0.717) is 41.3 Å². The molecule has 0 radical (unpaired) electrons. The minimum absolute atomic E-state index is 0.0172. The zero-order valence-corrected chi connectivity index (χ0v) is 18.7. The molecule has 8 heteroatoms. The van der Waals surface area contributed by atoms with Crippen molar-refractivity contribution in [3.8, 4) is 0 Å². The summed E-state index contributed by atoms with van der Waals surface area (Å²) < 4.78 is 11.8. The number of hydrogen-bond donors (Lipinski definition) is 1. The normalized spacial score (nSPS) is 17.3. The average molecular weight is 441 g/mol. The molecule has 0 saturated carbocycles. The van der Waals surface area contributed by atoms with Crippen molar-refractivity contribution in [3.05, 3.63) is 54.0 Å². The Balaban J connectivity index is 1.44. The van der Waals surface area contributed by atoms with Gasteiger partial charge in [0.1, 0.15) is 5.58 Å². The van der Waals surface area contributed by atoms with Gasteiger partial charge in [0, 0.05) is 55.3 Å². The molecule has 0 aliphatic carbocycles. The van der Waals surface area contributed by atoms with Crippen LogP contribution in [0.4, 0.5) is 0 Å². The van der Waals surface area contributed by atoms with Crippen molar-refractivity contribution < 1.29 is 13.9 Å². The second kappa shape index (κ2) is 10.3. The van der Waals surface area contributed by atoms with Gasteiger partial charge in [-0.3, -0.25) is 9.69 Å². The van der Waals surface area contributed by atoms with Crippen LogP contribution < -0.4 is 5.32 Å². The van der Waals surface area contributed by atoms with Gasteiger partial charge in [0.25, 0.3) is 5.91 Å². The summed E-state index contributed by atoms with van der Waals surface area (Å²) in [7, 11) is 0. The molecule has 164 valence electrons. The van der Waals surface area contributed by atoms with Crippen LogP contribution in [0.1, 0.15) is 30.0 Å². The van der Waals surface area contributed by atoms with Crippen molar-refractivity contribution in [1.82, 2.24) is 20.2 Å². The molecule has 1 atom stereocenters. The van der Waals surface area contributed by atoms with Gasteiger partial charge in [-0.1, -0.05) is 43.8 Å². The van der Waals surface area contributed by atoms with E-state index in [2.05, 4.69) is 34.0 Å². The first-order chi connectivity index (χ1) is 15.1. The summed E-state index contributed by atoms with van der Waals surface area (Å²) in [6.07, 6.45) is 3.41. The van der Waals surface area contributed by atoms with Crippen LogP contribution in [0.2, 0.25) is 0 Å². The van der Waals surface area contributed by atoms with Gasteiger partial charge in [-0.25, -0.2) is 9.97 Å². The van der Waals surface area contributed by atoms with Gasteiger partial charge in [0.2, 0.25) is 0 Å². The molecule has 3 heterocycles. The lowest BCUT2D eigenvalue weighted by atomic mass is 10.1. The van der Waals surface area contributed by atoms with Crippen molar-refractivity contribution in [2.45, 2.75) is 30.9 Å². The predicted octanol–water partition coefficient (Wildman–Crippen LogP) is 3.60. The Morgan fingerprint density at radius 2 is 2.06 bits per heavy atom. The summed E-state index contributed by atoms with van der Waals surface area (Å²) in [4.78, 5) is 23.9. The third-order valence-electron chi connectivity index (χ3n) is 5.13. The Hall–Kier alpha value is -2.42. The monoisotopic (exact) mass is 440 g/mol. The average Bonchev–Trinajstić information content (AvgIpc) is 3.15. The maximum absolute atomic E-state index is 13.0. The number of para-hydroxylation sites is 1. The first kappa shape index (κ1) is 21.8. The molecule has 0 bridgehead atoms. The largest absolute Gasteiger partial charge is 0.451 e. The lowest BCUT2D eigenvalue weighted by Crippen LogP contribution is -2.48. The standard InChI is InChI=1S/C23H28N4O3S/c1-16(2)13-27-10-11-29-17(14-27)12-26-22(28)21-19(15-31-23-24-8-5-9-25-23)18-6-3-4-7-20(18)30-21/h3-9,16-17H,10-15H2,1-2H3,(H,26,28). The zero-order valence-electron chi connectivity index (χ0n) is 17.9. The number of carbonyl (C=O) groups is 1. The number of aromatic nitrogens is 2. The molecule has 1 amide bonds. The van der Waals surface area contributed by atoms with E-state index >= 15 is 0 Å². The number of rotatable bonds is 8. The number of nitrogens with one attached hydrogen (secondary N) is 1. The third-order valence-corrected chi connectivity index (χ3v) is 6.03. The van der Waals surface area contributed by atoms with Gasteiger partial charge < -0.3 is 14.5 Å². The Kier molecular flexibility index (Phi) is 7.21. The second-order valence-corrected chi connectivity index (χ2v) is 9.02. The number of furan rings is 1. The number of benzene rings is 1. The highest BCUT2D eigenvalue weighted by atomic mass is 32.2. The molecule has 1 aliphatic heterocycles. The summed E-state index contributed by atoms with van der Waals surface area (Å²) >= 11 is 1.48. The van der Waals surface area contributed by atoms with Crippen molar-refractivity contribution in [2.24, 2.45) is 5.92 Å². The molecule has 0 spiro atoms. The van der Waals surface area contributed by atoms with E-state index in [1.54, 1.807) is 18.5 Å². The van der Waals surface area contributed by atoms with Crippen LogP contribution in [0.5, 0.6) is 0 Å². The number of morpholine rings is 1. The molecular formula is C23H28N4O3S. The summed E-state index contributed by atoms with van der Waals surface area (Å²) in [5.41, 5.74) is 1.56. The highest BCUT2D eigenvalue weighted by Gasteiger charge is 2.24. The third kappa shape index (κ3) is 5.64. The van der Waals surface area contributed by atoms with Crippen molar-refractivity contribution >= 4 is 28.6 Å². The molecule has 1 saturated heterocycles. The SMILES string of the molecule is CC(C)CN1CCOC(CNC(=O)c2oc3ccccc3c2CSc2ncccn2)C1. The van der Waals surface area contributed by atoms with Crippen LogP contribution in [-0.4, -0.2) is 59.7 Å². The number of thioether (sulfide) groups is 1. The van der Waals surface area contributed by atoms with Gasteiger partial charge in [-0.2, -0.15) is 0 Å². The van der Waals surface area contributed by atoms with Crippen molar-refractivity contribution in [2.75, 3.05) is 32.8 Å². The van der Waals surface area contributed by atoms with Gasteiger partial charge in [-0.15, -0.1) is 0 Å². The van der Waals surface area contributed by atoms with E-state index in [0.717, 1.165) is 30.6 Å². The number of amides is 1. The number of ether oxygens (including phenoxy) is 1. The lowest BCUT2D eigenvalue weighted by molar-refractivity contribution is -0.0296. The van der Waals surface area contributed by atoms with Crippen molar-refractivity contribution in [1.29, 1.82) is 0 Å². The fourth-order valence-electron chi connectivity index (χ4n) is 3.80. The first-order valence-electron chi connectivity index (χ1n) is 10.6. The summed E-state index contributed by atoms with van der Waals surface area (Å²) in [6.45, 7) is 8.39. The second-order valence-electron chi connectivity index (χ2n) is 8.08. The molecule has 7 nitrogen and oxygen atoms in total. The molecule has 31 heavy (non-hydrogen) atoms. The molecule has 2 aromatic heterocycles. The zero-order chi connectivity index (χ0) is 21.6. The summed E-state index contributed by atoms with van der Waals surface area (Å²) in [5.74, 6) is 1.29.